The summed E-state index contributed by atoms with van der Waals surface area (Å²) < 4.78 is 5.07. The highest BCUT2D eigenvalue weighted by Gasteiger charge is 2.35. The third-order valence-corrected chi connectivity index (χ3v) is 4.88. The number of rotatable bonds is 5. The van der Waals surface area contributed by atoms with Crippen LogP contribution in [0.4, 0.5) is 0 Å². The molecule has 1 saturated heterocycles. The van der Waals surface area contributed by atoms with Crippen LogP contribution in [-0.4, -0.2) is 35.5 Å². The molecule has 0 spiro atoms. The average molecular weight is 324 g/mol. The molecule has 0 bridgehead atoms. The van der Waals surface area contributed by atoms with Gasteiger partial charge in [-0.2, -0.15) is 0 Å². The van der Waals surface area contributed by atoms with Crippen molar-refractivity contribution in [3.8, 4) is 5.88 Å². The number of pyridine rings is 1. The molecule has 0 saturated carbocycles. The van der Waals surface area contributed by atoms with E-state index in [2.05, 4.69) is 36.2 Å². The van der Waals surface area contributed by atoms with Crippen LogP contribution in [0.15, 0.2) is 48.7 Å². The van der Waals surface area contributed by atoms with Gasteiger partial charge < -0.3 is 9.64 Å². The highest BCUT2D eigenvalue weighted by atomic mass is 16.5. The maximum absolute atomic E-state index is 13.0. The number of hydrogen-bond donors (Lipinski definition) is 0. The van der Waals surface area contributed by atoms with E-state index in [9.17, 15) is 4.79 Å². The highest BCUT2D eigenvalue weighted by molar-refractivity contribution is 5.94. The third-order valence-electron chi connectivity index (χ3n) is 4.88. The molecule has 2 atom stereocenters. The fraction of sp³-hybridized carbons (Fsp3) is 0.400. The first-order valence-electron chi connectivity index (χ1n) is 8.60. The highest BCUT2D eigenvalue weighted by Crippen LogP contribution is 2.34. The van der Waals surface area contributed by atoms with Gasteiger partial charge in [-0.05, 0) is 30.9 Å². The molecule has 2 heterocycles. The smallest absolute Gasteiger partial charge is 0.255 e. The van der Waals surface area contributed by atoms with Crippen LogP contribution in [0.3, 0.4) is 0 Å². The molecule has 3 rings (SSSR count). The molecule has 1 amide bonds. The minimum Gasteiger partial charge on any atom is -0.481 e. The second-order valence-corrected chi connectivity index (χ2v) is 6.22. The summed E-state index contributed by atoms with van der Waals surface area (Å²) in [6.45, 7) is 3.02. The Labute approximate surface area is 143 Å². The van der Waals surface area contributed by atoms with Gasteiger partial charge in [0.1, 0.15) is 0 Å². The first-order chi connectivity index (χ1) is 11.7. The maximum Gasteiger partial charge on any atom is 0.255 e. The van der Waals surface area contributed by atoms with Crippen molar-refractivity contribution in [3.63, 3.8) is 0 Å². The van der Waals surface area contributed by atoms with E-state index in [1.165, 1.54) is 5.56 Å². The van der Waals surface area contributed by atoms with Gasteiger partial charge in [-0.25, -0.2) is 4.98 Å². The van der Waals surface area contributed by atoms with E-state index in [-0.39, 0.29) is 11.9 Å². The van der Waals surface area contributed by atoms with Crippen molar-refractivity contribution in [2.75, 3.05) is 13.7 Å². The van der Waals surface area contributed by atoms with Crippen LogP contribution in [0.2, 0.25) is 0 Å². The van der Waals surface area contributed by atoms with Crippen LogP contribution in [0.1, 0.15) is 48.0 Å². The Bertz CT molecular complexity index is 670. The molecule has 1 aliphatic rings. The zero-order valence-corrected chi connectivity index (χ0v) is 14.3. The zero-order valence-electron chi connectivity index (χ0n) is 14.3. The van der Waals surface area contributed by atoms with E-state index in [1.54, 1.807) is 25.4 Å². The second-order valence-electron chi connectivity index (χ2n) is 6.22. The quantitative estimate of drug-likeness (QED) is 0.838. The van der Waals surface area contributed by atoms with Gasteiger partial charge in [0, 0.05) is 30.8 Å². The molecule has 0 aliphatic carbocycles. The number of hydrogen-bond acceptors (Lipinski definition) is 3. The van der Waals surface area contributed by atoms with E-state index >= 15 is 0 Å². The lowest BCUT2D eigenvalue weighted by Gasteiger charge is -2.31. The van der Waals surface area contributed by atoms with Gasteiger partial charge in [0.15, 0.2) is 0 Å². The predicted octanol–water partition coefficient (Wildman–Crippen LogP) is 3.89. The number of methoxy groups -OCH3 is 1. The van der Waals surface area contributed by atoms with Crippen molar-refractivity contribution < 1.29 is 9.53 Å². The number of carbonyl (C=O) groups excluding carboxylic acids is 1. The molecule has 24 heavy (non-hydrogen) atoms. The summed E-state index contributed by atoms with van der Waals surface area (Å²) in [5, 5.41) is 0. The lowest BCUT2D eigenvalue weighted by molar-refractivity contribution is 0.0714. The van der Waals surface area contributed by atoms with Crippen molar-refractivity contribution in [1.82, 2.24) is 9.88 Å². The van der Waals surface area contributed by atoms with Gasteiger partial charge in [-0.15, -0.1) is 0 Å². The van der Waals surface area contributed by atoms with E-state index in [0.29, 0.717) is 17.4 Å². The lowest BCUT2D eigenvalue weighted by Crippen LogP contribution is -2.39. The minimum atomic E-state index is 0.0713. The Morgan fingerprint density at radius 1 is 1.29 bits per heavy atom. The van der Waals surface area contributed by atoms with Gasteiger partial charge in [-0.3, -0.25) is 4.79 Å². The molecule has 4 heteroatoms. The van der Waals surface area contributed by atoms with Crippen LogP contribution < -0.4 is 4.74 Å². The second kappa shape index (κ2) is 7.47. The Morgan fingerprint density at radius 3 is 2.71 bits per heavy atom. The van der Waals surface area contributed by atoms with E-state index in [0.717, 1.165) is 25.8 Å². The number of amides is 1. The largest absolute Gasteiger partial charge is 0.481 e. The lowest BCUT2D eigenvalue weighted by atomic mass is 9.87. The van der Waals surface area contributed by atoms with Gasteiger partial charge in [-0.1, -0.05) is 37.3 Å². The number of aromatic nitrogens is 1. The number of ether oxygens (including phenoxy) is 1. The fourth-order valence-electron chi connectivity index (χ4n) is 3.69. The van der Waals surface area contributed by atoms with Crippen LogP contribution in [0.25, 0.3) is 0 Å². The van der Waals surface area contributed by atoms with Gasteiger partial charge in [0.05, 0.1) is 12.7 Å². The summed E-state index contributed by atoms with van der Waals surface area (Å²) in [6, 6.07) is 14.3. The molecule has 126 valence electrons. The van der Waals surface area contributed by atoms with Crippen molar-refractivity contribution in [2.45, 2.75) is 38.1 Å². The molecule has 2 aromatic rings. The number of benzene rings is 1. The summed E-state index contributed by atoms with van der Waals surface area (Å²) >= 11 is 0. The van der Waals surface area contributed by atoms with Crippen molar-refractivity contribution in [2.24, 2.45) is 0 Å². The molecule has 1 aromatic carbocycles. The standard InChI is InChI=1S/C20H24N2O2/c1-3-17(15-8-5-4-6-9-15)18-10-7-13-22(18)20(23)16-11-12-19(24-2)21-14-16/h4-6,8-9,11-12,14,17-18H,3,7,10,13H2,1-2H3/t17-,18+/m1/s1. The Kier molecular flexibility index (Phi) is 5.14. The SMILES string of the molecule is CC[C@H](c1ccccc1)[C@@H]1CCCN1C(=O)c1ccc(OC)nc1. The zero-order chi connectivity index (χ0) is 16.9. The van der Waals surface area contributed by atoms with Crippen LogP contribution in [-0.2, 0) is 0 Å². The van der Waals surface area contributed by atoms with Crippen LogP contribution in [0, 0.1) is 0 Å². The normalized spacial score (nSPS) is 18.4. The topological polar surface area (TPSA) is 42.4 Å². The van der Waals surface area contributed by atoms with Gasteiger partial charge >= 0.3 is 0 Å². The minimum absolute atomic E-state index is 0.0713. The molecular weight excluding hydrogens is 300 g/mol. The predicted molar refractivity (Wildman–Crippen MR) is 94.3 cm³/mol. The molecule has 0 unspecified atom stereocenters. The molecule has 0 N–H and O–H groups in total. The summed E-state index contributed by atoms with van der Waals surface area (Å²) in [5.74, 6) is 0.978. The van der Waals surface area contributed by atoms with Crippen LogP contribution in [0.5, 0.6) is 5.88 Å². The van der Waals surface area contributed by atoms with Crippen molar-refractivity contribution in [1.29, 1.82) is 0 Å². The van der Waals surface area contributed by atoms with Crippen LogP contribution >= 0.6 is 0 Å². The average Bonchev–Trinajstić information content (AvgIpc) is 3.12. The van der Waals surface area contributed by atoms with E-state index in [4.69, 9.17) is 4.74 Å². The van der Waals surface area contributed by atoms with Crippen molar-refractivity contribution in [3.05, 3.63) is 59.8 Å². The summed E-state index contributed by atoms with van der Waals surface area (Å²) in [5.41, 5.74) is 1.95. The summed E-state index contributed by atoms with van der Waals surface area (Å²) in [7, 11) is 1.58. The Balaban J connectivity index is 1.82. The number of nitrogens with zero attached hydrogens (tertiary/aromatic N) is 2. The molecule has 0 radical (unpaired) electrons. The Morgan fingerprint density at radius 2 is 2.08 bits per heavy atom. The molecule has 4 nitrogen and oxygen atoms in total. The first-order valence-corrected chi connectivity index (χ1v) is 8.60. The molecule has 1 aromatic heterocycles. The summed E-state index contributed by atoms with van der Waals surface area (Å²) in [6.07, 6.45) is 4.76. The maximum atomic E-state index is 13.0. The Hall–Kier alpha value is -2.36. The van der Waals surface area contributed by atoms with Gasteiger partial charge in [0.25, 0.3) is 5.91 Å². The monoisotopic (exact) mass is 324 g/mol. The third kappa shape index (κ3) is 3.28. The summed E-state index contributed by atoms with van der Waals surface area (Å²) in [4.78, 5) is 19.2. The number of carbonyl (C=O) groups is 1. The van der Waals surface area contributed by atoms with Gasteiger partial charge in [0.2, 0.25) is 5.88 Å². The van der Waals surface area contributed by atoms with E-state index < -0.39 is 0 Å². The molecular formula is C20H24N2O2. The number of likely N-dealkylation sites (tertiary alicyclic amines) is 1. The van der Waals surface area contributed by atoms with E-state index in [1.807, 2.05) is 11.0 Å². The van der Waals surface area contributed by atoms with Crippen molar-refractivity contribution >= 4 is 5.91 Å². The molecule has 1 fully saturated rings. The first kappa shape index (κ1) is 16.5. The fourth-order valence-corrected chi connectivity index (χ4v) is 3.69. The molecule has 1 aliphatic heterocycles.